The molecule has 8 heteroatoms. The Morgan fingerprint density at radius 2 is 1.54 bits per heavy atom. The van der Waals surface area contributed by atoms with E-state index in [-0.39, 0.29) is 18.1 Å². The van der Waals surface area contributed by atoms with Crippen molar-refractivity contribution in [3.63, 3.8) is 0 Å². The van der Waals surface area contributed by atoms with Gasteiger partial charge in [-0.2, -0.15) is 0 Å². The minimum Gasteiger partial charge on any atom is -0.453 e. The minimum absolute atomic E-state index is 0.107. The van der Waals surface area contributed by atoms with Gasteiger partial charge < -0.3 is 10.1 Å². The van der Waals surface area contributed by atoms with Gasteiger partial charge in [0.2, 0.25) is 0 Å². The van der Waals surface area contributed by atoms with Gasteiger partial charge in [-0.05, 0) is 61.1 Å². The standard InChI is InChI=1S/C27H26Cl3N3O2/c1-35-26(34)32-27(24-13-10-17(28)16-31-24)14-18-11-12-19(15-27)33(18)25(20-6-2-4-8-22(20)29)21-7-3-5-9-23(21)30/h2-10,13,16,18-19,25H,11-12,14-15H2,1H3,(H,32,34)/t18-,19+,27?. The number of ether oxygens (including phenoxy) is 1. The van der Waals surface area contributed by atoms with Crippen molar-refractivity contribution in [2.24, 2.45) is 0 Å². The Morgan fingerprint density at radius 1 is 0.971 bits per heavy atom. The molecular formula is C27H26Cl3N3O2. The summed E-state index contributed by atoms with van der Waals surface area (Å²) in [5.41, 5.74) is 2.18. The number of hydrogen-bond acceptors (Lipinski definition) is 4. The lowest BCUT2D eigenvalue weighted by molar-refractivity contribution is 0.0400. The number of carbonyl (C=O) groups is 1. The summed E-state index contributed by atoms with van der Waals surface area (Å²) < 4.78 is 5.01. The topological polar surface area (TPSA) is 54.5 Å². The molecule has 5 rings (SSSR count). The fourth-order valence-corrected chi connectivity index (χ4v) is 6.46. The summed E-state index contributed by atoms with van der Waals surface area (Å²) in [4.78, 5) is 19.6. The lowest BCUT2D eigenvalue weighted by atomic mass is 9.78. The van der Waals surface area contributed by atoms with Gasteiger partial charge >= 0.3 is 6.09 Å². The molecule has 2 fully saturated rings. The zero-order valence-electron chi connectivity index (χ0n) is 19.3. The van der Waals surface area contributed by atoms with Crippen LogP contribution in [-0.2, 0) is 10.3 Å². The van der Waals surface area contributed by atoms with E-state index in [4.69, 9.17) is 39.5 Å². The molecule has 35 heavy (non-hydrogen) atoms. The zero-order valence-corrected chi connectivity index (χ0v) is 21.5. The number of benzene rings is 2. The van der Waals surface area contributed by atoms with Crippen LogP contribution in [0, 0.1) is 0 Å². The van der Waals surface area contributed by atoms with Crippen molar-refractivity contribution < 1.29 is 9.53 Å². The number of amides is 1. The molecule has 3 aromatic rings. The normalized spacial score (nSPS) is 23.9. The molecule has 0 aliphatic carbocycles. The Bertz CT molecular complexity index is 1160. The number of methoxy groups -OCH3 is 1. The van der Waals surface area contributed by atoms with Gasteiger partial charge in [0, 0.05) is 28.3 Å². The van der Waals surface area contributed by atoms with Crippen molar-refractivity contribution in [1.82, 2.24) is 15.2 Å². The lowest BCUT2D eigenvalue weighted by Gasteiger charge is -2.49. The number of piperidine rings is 1. The second-order valence-electron chi connectivity index (χ2n) is 9.25. The van der Waals surface area contributed by atoms with E-state index < -0.39 is 11.6 Å². The fraction of sp³-hybridized carbons (Fsp3) is 0.333. The molecule has 5 nitrogen and oxygen atoms in total. The molecule has 2 aliphatic rings. The third kappa shape index (κ3) is 4.63. The SMILES string of the molecule is COC(=O)NC1(c2ccc(Cl)cn2)C[C@H]2CC[C@@H](C1)N2C(c1ccccc1Cl)c1ccccc1Cl. The van der Waals surface area contributed by atoms with Crippen LogP contribution < -0.4 is 5.32 Å². The first-order valence-electron chi connectivity index (χ1n) is 11.7. The average Bonchev–Trinajstić information content (AvgIpc) is 3.12. The van der Waals surface area contributed by atoms with Crippen LogP contribution in [0.4, 0.5) is 4.79 Å². The molecule has 1 amide bonds. The smallest absolute Gasteiger partial charge is 0.407 e. The molecule has 0 spiro atoms. The van der Waals surface area contributed by atoms with Gasteiger partial charge in [0.1, 0.15) is 0 Å². The van der Waals surface area contributed by atoms with E-state index in [9.17, 15) is 4.79 Å². The number of alkyl carbamates (subject to hydrolysis) is 1. The maximum absolute atomic E-state index is 12.5. The number of aromatic nitrogens is 1. The summed E-state index contributed by atoms with van der Waals surface area (Å²) >= 11 is 19.6. The minimum atomic E-state index is -0.661. The van der Waals surface area contributed by atoms with Crippen LogP contribution in [0.3, 0.4) is 0 Å². The van der Waals surface area contributed by atoms with Gasteiger partial charge in [-0.1, -0.05) is 71.2 Å². The van der Waals surface area contributed by atoms with Crippen molar-refractivity contribution in [3.8, 4) is 0 Å². The van der Waals surface area contributed by atoms with E-state index in [1.807, 2.05) is 48.5 Å². The van der Waals surface area contributed by atoms with Gasteiger partial charge in [-0.3, -0.25) is 9.88 Å². The summed E-state index contributed by atoms with van der Waals surface area (Å²) in [5.74, 6) is 0. The van der Waals surface area contributed by atoms with Crippen molar-refractivity contribution in [2.75, 3.05) is 7.11 Å². The number of fused-ring (bicyclic) bond motifs is 2. The maximum Gasteiger partial charge on any atom is 0.407 e. The number of halogens is 3. The number of carbonyl (C=O) groups excluding carboxylic acids is 1. The van der Waals surface area contributed by atoms with Crippen LogP contribution in [0.15, 0.2) is 66.9 Å². The van der Waals surface area contributed by atoms with E-state index >= 15 is 0 Å². The first kappa shape index (κ1) is 24.4. The zero-order chi connectivity index (χ0) is 24.6. The Kier molecular flexibility index (Phi) is 6.95. The van der Waals surface area contributed by atoms with Gasteiger partial charge in [0.15, 0.2) is 0 Å². The van der Waals surface area contributed by atoms with Crippen LogP contribution in [0.2, 0.25) is 15.1 Å². The summed E-state index contributed by atoms with van der Waals surface area (Å²) in [6.45, 7) is 0. The Morgan fingerprint density at radius 3 is 2.03 bits per heavy atom. The van der Waals surface area contributed by atoms with E-state index in [0.717, 1.165) is 29.7 Å². The van der Waals surface area contributed by atoms with Crippen LogP contribution in [-0.4, -0.2) is 35.2 Å². The van der Waals surface area contributed by atoms with Crippen LogP contribution in [0.1, 0.15) is 48.5 Å². The lowest BCUT2D eigenvalue weighted by Crippen LogP contribution is -2.58. The fourth-order valence-electron chi connectivity index (χ4n) is 5.87. The second kappa shape index (κ2) is 9.98. The Hall–Kier alpha value is -2.31. The molecule has 1 aromatic heterocycles. The second-order valence-corrected chi connectivity index (χ2v) is 10.5. The molecule has 0 saturated carbocycles. The van der Waals surface area contributed by atoms with Crippen LogP contribution in [0.5, 0.6) is 0 Å². The number of pyridine rings is 1. The van der Waals surface area contributed by atoms with Gasteiger partial charge in [-0.25, -0.2) is 4.79 Å². The Balaban J connectivity index is 1.58. The van der Waals surface area contributed by atoms with E-state index in [1.54, 1.807) is 6.20 Å². The van der Waals surface area contributed by atoms with E-state index in [0.29, 0.717) is 27.9 Å². The van der Waals surface area contributed by atoms with Crippen molar-refractivity contribution >= 4 is 40.9 Å². The molecule has 3 heterocycles. The number of nitrogens with one attached hydrogen (secondary N) is 1. The quantitative estimate of drug-likeness (QED) is 0.385. The molecule has 2 saturated heterocycles. The third-order valence-corrected chi connectivity index (χ3v) is 8.20. The highest BCUT2D eigenvalue weighted by Crippen LogP contribution is 2.51. The molecule has 1 N–H and O–H groups in total. The van der Waals surface area contributed by atoms with Crippen molar-refractivity contribution in [2.45, 2.75) is 49.3 Å². The predicted octanol–water partition coefficient (Wildman–Crippen LogP) is 7.01. The predicted molar refractivity (Wildman–Crippen MR) is 139 cm³/mol. The summed E-state index contributed by atoms with van der Waals surface area (Å²) in [6, 6.07) is 19.8. The molecule has 0 radical (unpaired) electrons. The highest BCUT2D eigenvalue weighted by Gasteiger charge is 2.53. The highest BCUT2D eigenvalue weighted by molar-refractivity contribution is 6.32. The summed E-state index contributed by atoms with van der Waals surface area (Å²) in [5, 5.41) is 5.11. The molecule has 182 valence electrons. The van der Waals surface area contributed by atoms with E-state index in [2.05, 4.69) is 27.3 Å². The molecule has 2 aromatic carbocycles. The molecule has 2 bridgehead atoms. The number of rotatable bonds is 5. The van der Waals surface area contributed by atoms with Crippen LogP contribution in [0.25, 0.3) is 0 Å². The number of hydrogen-bond donors (Lipinski definition) is 1. The molecule has 1 unspecified atom stereocenters. The Labute approximate surface area is 220 Å². The average molecular weight is 531 g/mol. The summed E-state index contributed by atoms with van der Waals surface area (Å²) in [6.07, 6.45) is 4.51. The molecular weight excluding hydrogens is 505 g/mol. The maximum atomic E-state index is 12.5. The van der Waals surface area contributed by atoms with Gasteiger partial charge in [0.05, 0.1) is 29.4 Å². The van der Waals surface area contributed by atoms with Crippen molar-refractivity contribution in [3.05, 3.63) is 98.7 Å². The van der Waals surface area contributed by atoms with Crippen molar-refractivity contribution in [1.29, 1.82) is 0 Å². The molecule has 3 atom stereocenters. The summed E-state index contributed by atoms with van der Waals surface area (Å²) in [7, 11) is 1.38. The first-order chi connectivity index (χ1) is 16.9. The largest absolute Gasteiger partial charge is 0.453 e. The van der Waals surface area contributed by atoms with Gasteiger partial charge in [0.25, 0.3) is 0 Å². The van der Waals surface area contributed by atoms with Gasteiger partial charge in [-0.15, -0.1) is 0 Å². The highest BCUT2D eigenvalue weighted by atomic mass is 35.5. The monoisotopic (exact) mass is 529 g/mol. The molecule has 2 aliphatic heterocycles. The third-order valence-electron chi connectivity index (χ3n) is 7.29. The van der Waals surface area contributed by atoms with Crippen LogP contribution >= 0.6 is 34.8 Å². The van der Waals surface area contributed by atoms with E-state index in [1.165, 1.54) is 7.11 Å². The number of nitrogens with zero attached hydrogens (tertiary/aromatic N) is 2. The first-order valence-corrected chi connectivity index (χ1v) is 12.8.